The van der Waals surface area contributed by atoms with Gasteiger partial charge >= 0.3 is 0 Å². The third-order valence-electron chi connectivity index (χ3n) is 5.30. The summed E-state index contributed by atoms with van der Waals surface area (Å²) in [6, 6.07) is 13.6. The van der Waals surface area contributed by atoms with Crippen molar-refractivity contribution in [3.05, 3.63) is 53.6 Å². The maximum atomic E-state index is 12.9. The molecule has 7 nitrogen and oxygen atoms in total. The number of thioether (sulfide) groups is 1. The number of rotatable bonds is 7. The summed E-state index contributed by atoms with van der Waals surface area (Å²) < 4.78 is 12.2. The fourth-order valence-corrected chi connectivity index (χ4v) is 4.19. The largest absolute Gasteiger partial charge is 0.494 e. The zero-order chi connectivity index (χ0) is 23.4. The van der Waals surface area contributed by atoms with Crippen LogP contribution in [-0.2, 0) is 4.79 Å². The number of unbranched alkanes of at least 4 members (excludes halogenated alkanes) is 1. The zero-order valence-electron chi connectivity index (χ0n) is 19.4. The Labute approximate surface area is 198 Å². The van der Waals surface area contributed by atoms with Crippen LogP contribution in [0.4, 0.5) is 5.69 Å². The van der Waals surface area contributed by atoms with Gasteiger partial charge in [-0.3, -0.25) is 9.69 Å². The highest BCUT2D eigenvalue weighted by Gasteiger charge is 2.34. The number of ether oxygens (including phenoxy) is 2. The number of carbonyl (C=O) groups is 1. The van der Waals surface area contributed by atoms with E-state index in [9.17, 15) is 4.79 Å². The number of hydrogen-bond donors (Lipinski definition) is 0. The van der Waals surface area contributed by atoms with Gasteiger partial charge in [0.2, 0.25) is 23.2 Å². The maximum absolute atomic E-state index is 12.9. The summed E-state index contributed by atoms with van der Waals surface area (Å²) in [5.41, 5.74) is 3.88. The van der Waals surface area contributed by atoms with E-state index in [-0.39, 0.29) is 5.91 Å². The van der Waals surface area contributed by atoms with E-state index < -0.39 is 6.23 Å². The van der Waals surface area contributed by atoms with Gasteiger partial charge in [0, 0.05) is 18.1 Å². The number of amides is 1. The SMILES string of the molecule is CCCCOc1ccc([C@@H]2Oc3nc(SCC)nnc3-c3cc(C)ccc3N2C(C)=O)cc1. The molecule has 1 aliphatic rings. The van der Waals surface area contributed by atoms with E-state index in [1.54, 1.807) is 4.90 Å². The van der Waals surface area contributed by atoms with Gasteiger partial charge in [-0.15, -0.1) is 10.2 Å². The minimum Gasteiger partial charge on any atom is -0.494 e. The van der Waals surface area contributed by atoms with Crippen molar-refractivity contribution in [3.8, 4) is 22.9 Å². The minimum atomic E-state index is -0.703. The molecular formula is C25H28N4O3S. The molecule has 3 aromatic rings. The minimum absolute atomic E-state index is 0.141. The van der Waals surface area contributed by atoms with Gasteiger partial charge in [0.05, 0.1) is 12.3 Å². The molecule has 0 unspecified atom stereocenters. The van der Waals surface area contributed by atoms with E-state index in [0.717, 1.165) is 41.0 Å². The van der Waals surface area contributed by atoms with Crippen LogP contribution in [0.25, 0.3) is 11.3 Å². The number of aryl methyl sites for hydroxylation is 1. The molecule has 0 saturated carbocycles. The van der Waals surface area contributed by atoms with E-state index in [1.165, 1.54) is 18.7 Å². The summed E-state index contributed by atoms with van der Waals surface area (Å²) in [6.07, 6.45) is 1.38. The van der Waals surface area contributed by atoms with Gasteiger partial charge in [-0.25, -0.2) is 0 Å². The summed E-state index contributed by atoms with van der Waals surface area (Å²) >= 11 is 1.49. The van der Waals surface area contributed by atoms with Crippen LogP contribution in [0.1, 0.15) is 51.0 Å². The molecule has 2 heterocycles. The Morgan fingerprint density at radius 3 is 2.64 bits per heavy atom. The van der Waals surface area contributed by atoms with Crippen LogP contribution in [0.3, 0.4) is 0 Å². The van der Waals surface area contributed by atoms with Crippen LogP contribution in [0, 0.1) is 6.92 Å². The van der Waals surface area contributed by atoms with Crippen LogP contribution in [0.2, 0.25) is 0 Å². The van der Waals surface area contributed by atoms with Gasteiger partial charge in [0.15, 0.2) is 5.69 Å². The number of nitrogens with zero attached hydrogens (tertiary/aromatic N) is 4. The smallest absolute Gasteiger partial charge is 0.247 e. The lowest BCUT2D eigenvalue weighted by atomic mass is 10.0. The van der Waals surface area contributed by atoms with E-state index in [1.807, 2.05) is 56.3 Å². The van der Waals surface area contributed by atoms with Crippen molar-refractivity contribution in [3.63, 3.8) is 0 Å². The lowest BCUT2D eigenvalue weighted by Gasteiger charge is -2.30. The Kier molecular flexibility index (Phi) is 7.13. The normalized spacial score (nSPS) is 14.7. The molecule has 0 aliphatic carbocycles. The molecule has 0 bridgehead atoms. The Hall–Kier alpha value is -3.13. The van der Waals surface area contributed by atoms with Crippen LogP contribution >= 0.6 is 11.8 Å². The average molecular weight is 465 g/mol. The molecule has 1 amide bonds. The van der Waals surface area contributed by atoms with Crippen molar-refractivity contribution in [2.24, 2.45) is 0 Å². The van der Waals surface area contributed by atoms with Gasteiger partial charge < -0.3 is 9.47 Å². The second-order valence-electron chi connectivity index (χ2n) is 7.83. The molecule has 4 rings (SSSR count). The summed E-state index contributed by atoms with van der Waals surface area (Å²) in [6.45, 7) is 8.38. The summed E-state index contributed by atoms with van der Waals surface area (Å²) in [5.74, 6) is 1.83. The van der Waals surface area contributed by atoms with Gasteiger partial charge in [-0.05, 0) is 55.5 Å². The molecule has 1 aliphatic heterocycles. The zero-order valence-corrected chi connectivity index (χ0v) is 20.2. The Morgan fingerprint density at radius 2 is 1.94 bits per heavy atom. The average Bonchev–Trinajstić information content (AvgIpc) is 2.94. The molecule has 0 fully saturated rings. The number of benzene rings is 2. The van der Waals surface area contributed by atoms with E-state index >= 15 is 0 Å². The molecule has 1 atom stereocenters. The summed E-state index contributed by atoms with van der Waals surface area (Å²) in [4.78, 5) is 19.2. The van der Waals surface area contributed by atoms with E-state index in [2.05, 4.69) is 22.1 Å². The van der Waals surface area contributed by atoms with E-state index in [4.69, 9.17) is 9.47 Å². The standard InChI is InChI=1S/C25H28N4O3S/c1-5-7-14-31-19-11-9-18(10-12-19)24-29(17(4)30)21-13-8-16(3)15-20(21)22-23(32-24)26-25(28-27-22)33-6-2/h8-13,15,24H,5-7,14H2,1-4H3/t24-/m0/s1. The highest BCUT2D eigenvalue weighted by atomic mass is 32.2. The number of aromatic nitrogens is 3. The lowest BCUT2D eigenvalue weighted by molar-refractivity contribution is -0.118. The van der Waals surface area contributed by atoms with E-state index in [0.29, 0.717) is 29.0 Å². The molecule has 0 saturated heterocycles. The molecule has 0 radical (unpaired) electrons. The summed E-state index contributed by atoms with van der Waals surface area (Å²) in [5, 5.41) is 9.25. The number of anilines is 1. The van der Waals surface area contributed by atoms with Gasteiger partial charge in [-0.1, -0.05) is 43.7 Å². The Morgan fingerprint density at radius 1 is 1.15 bits per heavy atom. The highest BCUT2D eigenvalue weighted by Crippen LogP contribution is 2.44. The molecule has 0 N–H and O–H groups in total. The Bertz CT molecular complexity index is 1140. The first kappa shape index (κ1) is 23.0. The fourth-order valence-electron chi connectivity index (χ4n) is 3.69. The van der Waals surface area contributed by atoms with Gasteiger partial charge in [-0.2, -0.15) is 4.98 Å². The first-order chi connectivity index (χ1) is 16.0. The van der Waals surface area contributed by atoms with Crippen LogP contribution in [-0.4, -0.2) is 33.4 Å². The highest BCUT2D eigenvalue weighted by molar-refractivity contribution is 7.99. The van der Waals surface area contributed by atoms with Crippen LogP contribution in [0.5, 0.6) is 11.6 Å². The molecule has 1 aromatic heterocycles. The van der Waals surface area contributed by atoms with Gasteiger partial charge in [0.25, 0.3) is 0 Å². The second-order valence-corrected chi connectivity index (χ2v) is 9.06. The quantitative estimate of drug-likeness (QED) is 0.333. The third-order valence-corrected chi connectivity index (χ3v) is 6.02. The summed E-state index contributed by atoms with van der Waals surface area (Å²) in [7, 11) is 0. The van der Waals surface area contributed by atoms with Crippen molar-refractivity contribution in [2.45, 2.75) is 51.9 Å². The monoisotopic (exact) mass is 464 g/mol. The molecule has 2 aromatic carbocycles. The molecule has 33 heavy (non-hydrogen) atoms. The second kappa shape index (κ2) is 10.2. The predicted molar refractivity (Wildman–Crippen MR) is 130 cm³/mol. The van der Waals surface area contributed by atoms with Gasteiger partial charge in [0.1, 0.15) is 5.75 Å². The van der Waals surface area contributed by atoms with Crippen LogP contribution in [0.15, 0.2) is 47.6 Å². The molecule has 0 spiro atoms. The molecular weight excluding hydrogens is 436 g/mol. The fraction of sp³-hybridized carbons (Fsp3) is 0.360. The lowest BCUT2D eigenvalue weighted by Crippen LogP contribution is -2.36. The van der Waals surface area contributed by atoms with Crippen molar-refractivity contribution < 1.29 is 14.3 Å². The van der Waals surface area contributed by atoms with Crippen molar-refractivity contribution >= 4 is 23.4 Å². The number of hydrogen-bond acceptors (Lipinski definition) is 7. The van der Waals surface area contributed by atoms with Crippen molar-refractivity contribution in [2.75, 3.05) is 17.3 Å². The Balaban J connectivity index is 1.80. The number of fused-ring (bicyclic) bond motifs is 3. The van der Waals surface area contributed by atoms with Crippen molar-refractivity contribution in [1.82, 2.24) is 15.2 Å². The van der Waals surface area contributed by atoms with Crippen molar-refractivity contribution in [1.29, 1.82) is 0 Å². The first-order valence-corrected chi connectivity index (χ1v) is 12.2. The topological polar surface area (TPSA) is 77.4 Å². The maximum Gasteiger partial charge on any atom is 0.247 e. The third kappa shape index (κ3) is 4.95. The molecule has 8 heteroatoms. The van der Waals surface area contributed by atoms with Crippen LogP contribution < -0.4 is 14.4 Å². The first-order valence-electron chi connectivity index (χ1n) is 11.2. The predicted octanol–water partition coefficient (Wildman–Crippen LogP) is 5.58. The molecule has 172 valence electrons. The number of carbonyl (C=O) groups excluding carboxylic acids is 1.